The number of carbonyl (C=O) groups excluding carboxylic acids is 2. The Bertz CT molecular complexity index is 708. The van der Waals surface area contributed by atoms with Crippen LogP contribution in [-0.4, -0.2) is 39.8 Å². The number of H-pyrrole nitrogens is 1. The van der Waals surface area contributed by atoms with Crippen LogP contribution in [0.3, 0.4) is 0 Å². The molecule has 1 aliphatic rings. The maximum absolute atomic E-state index is 12.0. The Morgan fingerprint density at radius 3 is 2.35 bits per heavy atom. The molecule has 1 fully saturated rings. The lowest BCUT2D eigenvalue weighted by Gasteiger charge is -2.23. The molecule has 0 amide bonds. The molecule has 4 atom stereocenters. The molecule has 1 saturated heterocycles. The first-order valence-electron chi connectivity index (χ1n) is 7.14. The lowest BCUT2D eigenvalue weighted by molar-refractivity contribution is -0.165. The van der Waals surface area contributed by atoms with Crippen LogP contribution in [0.4, 0.5) is 0 Å². The summed E-state index contributed by atoms with van der Waals surface area (Å²) in [6.45, 7) is 4.25. The molecule has 0 saturated carbocycles. The summed E-state index contributed by atoms with van der Waals surface area (Å²) in [4.78, 5) is 47.9. The molecule has 0 radical (unpaired) electrons. The molecule has 1 aromatic rings. The van der Waals surface area contributed by atoms with E-state index in [4.69, 9.17) is 14.2 Å². The van der Waals surface area contributed by atoms with Gasteiger partial charge in [-0.1, -0.05) is 6.92 Å². The number of ether oxygens (including phenoxy) is 3. The topological polar surface area (TPSA) is 117 Å². The summed E-state index contributed by atoms with van der Waals surface area (Å²) in [5.74, 6) is -1.15. The Morgan fingerprint density at radius 1 is 1.22 bits per heavy atom. The van der Waals surface area contributed by atoms with E-state index in [0.717, 1.165) is 10.6 Å². The first-order chi connectivity index (χ1) is 10.8. The molecule has 2 rings (SSSR count). The second-order valence-corrected chi connectivity index (χ2v) is 5.14. The number of aromatic nitrogens is 2. The molecule has 0 spiro atoms. The SMILES string of the molecule is CC[C@H]1O[C@@H](n2ccc(=O)[nH]c2=O)C(OC(C)=O)[C@H]1OC(C)=O. The van der Waals surface area contributed by atoms with Crippen molar-refractivity contribution in [2.75, 3.05) is 0 Å². The van der Waals surface area contributed by atoms with Gasteiger partial charge in [-0.15, -0.1) is 0 Å². The van der Waals surface area contributed by atoms with Crippen LogP contribution in [0.1, 0.15) is 33.4 Å². The first-order valence-corrected chi connectivity index (χ1v) is 7.14. The van der Waals surface area contributed by atoms with Crippen LogP contribution in [0.25, 0.3) is 0 Å². The fourth-order valence-electron chi connectivity index (χ4n) is 2.54. The highest BCUT2D eigenvalue weighted by Crippen LogP contribution is 2.34. The van der Waals surface area contributed by atoms with Crippen molar-refractivity contribution >= 4 is 11.9 Å². The van der Waals surface area contributed by atoms with Crippen LogP contribution in [0.15, 0.2) is 21.9 Å². The van der Waals surface area contributed by atoms with Gasteiger partial charge in [0.25, 0.3) is 5.56 Å². The van der Waals surface area contributed by atoms with Crippen molar-refractivity contribution in [1.29, 1.82) is 0 Å². The van der Waals surface area contributed by atoms with Crippen LogP contribution < -0.4 is 11.2 Å². The van der Waals surface area contributed by atoms with Gasteiger partial charge in [0.15, 0.2) is 18.4 Å². The van der Waals surface area contributed by atoms with Crippen molar-refractivity contribution in [2.45, 2.75) is 51.7 Å². The molecule has 0 aliphatic carbocycles. The lowest BCUT2D eigenvalue weighted by Crippen LogP contribution is -2.41. The van der Waals surface area contributed by atoms with E-state index in [-0.39, 0.29) is 0 Å². The molecule has 23 heavy (non-hydrogen) atoms. The van der Waals surface area contributed by atoms with E-state index in [9.17, 15) is 19.2 Å². The Morgan fingerprint density at radius 2 is 1.83 bits per heavy atom. The van der Waals surface area contributed by atoms with Crippen LogP contribution in [0.2, 0.25) is 0 Å². The van der Waals surface area contributed by atoms with E-state index in [0.29, 0.717) is 6.42 Å². The zero-order valence-electron chi connectivity index (χ0n) is 13.0. The standard InChI is InChI=1S/C14H18N2O7/c1-4-9-11(21-7(2)17)12(22-8(3)18)13(23-9)16-6-5-10(19)15-14(16)20/h5-6,9,11-13H,4H2,1-3H3,(H,15,19,20)/t9-,11+,12?,13-/m1/s1. The molecule has 9 nitrogen and oxygen atoms in total. The summed E-state index contributed by atoms with van der Waals surface area (Å²) in [5, 5.41) is 0. The van der Waals surface area contributed by atoms with Crippen molar-refractivity contribution in [3.8, 4) is 0 Å². The monoisotopic (exact) mass is 326 g/mol. The lowest BCUT2D eigenvalue weighted by atomic mass is 10.1. The number of nitrogens with one attached hydrogen (secondary N) is 1. The van der Waals surface area contributed by atoms with Gasteiger partial charge in [-0.3, -0.25) is 23.9 Å². The Hall–Kier alpha value is -2.42. The van der Waals surface area contributed by atoms with Gasteiger partial charge in [0.1, 0.15) is 6.10 Å². The van der Waals surface area contributed by atoms with Gasteiger partial charge >= 0.3 is 17.6 Å². The predicted octanol–water partition coefficient (Wildman–Crippen LogP) is -0.293. The summed E-state index contributed by atoms with van der Waals surface area (Å²) >= 11 is 0. The van der Waals surface area contributed by atoms with Gasteiger partial charge in [0.05, 0.1) is 0 Å². The van der Waals surface area contributed by atoms with Crippen LogP contribution in [0.5, 0.6) is 0 Å². The summed E-state index contributed by atoms with van der Waals surface area (Å²) in [6, 6.07) is 1.15. The van der Waals surface area contributed by atoms with Crippen LogP contribution >= 0.6 is 0 Å². The summed E-state index contributed by atoms with van der Waals surface area (Å²) < 4.78 is 17.3. The van der Waals surface area contributed by atoms with Gasteiger partial charge < -0.3 is 14.2 Å². The van der Waals surface area contributed by atoms with Crippen LogP contribution in [-0.2, 0) is 23.8 Å². The van der Waals surface area contributed by atoms with Crippen molar-refractivity contribution in [3.05, 3.63) is 33.1 Å². The fourth-order valence-corrected chi connectivity index (χ4v) is 2.54. The molecule has 1 aromatic heterocycles. The third kappa shape index (κ3) is 3.67. The Kier molecular flexibility index (Phi) is 4.99. The number of aromatic amines is 1. The zero-order chi connectivity index (χ0) is 17.1. The molecule has 9 heteroatoms. The van der Waals surface area contributed by atoms with Gasteiger partial charge in [-0.2, -0.15) is 0 Å². The predicted molar refractivity (Wildman–Crippen MR) is 76.6 cm³/mol. The van der Waals surface area contributed by atoms with E-state index >= 15 is 0 Å². The number of carbonyl (C=O) groups is 2. The molecule has 1 N–H and O–H groups in total. The fraction of sp³-hybridized carbons (Fsp3) is 0.571. The van der Waals surface area contributed by atoms with Crippen molar-refractivity contribution in [3.63, 3.8) is 0 Å². The third-order valence-electron chi connectivity index (χ3n) is 3.42. The molecule has 1 unspecified atom stereocenters. The number of nitrogens with zero attached hydrogens (tertiary/aromatic N) is 1. The van der Waals surface area contributed by atoms with Gasteiger partial charge in [-0.05, 0) is 6.42 Å². The molecule has 126 valence electrons. The summed E-state index contributed by atoms with van der Waals surface area (Å²) in [6.07, 6.45) is -1.67. The molecule has 0 aromatic carbocycles. The van der Waals surface area contributed by atoms with Crippen molar-refractivity contribution in [1.82, 2.24) is 9.55 Å². The van der Waals surface area contributed by atoms with Crippen molar-refractivity contribution < 1.29 is 23.8 Å². The molecular weight excluding hydrogens is 308 g/mol. The average Bonchev–Trinajstić information content (AvgIpc) is 2.76. The number of hydrogen-bond donors (Lipinski definition) is 1. The van der Waals surface area contributed by atoms with E-state index < -0.39 is 47.7 Å². The number of rotatable bonds is 4. The van der Waals surface area contributed by atoms with E-state index in [1.54, 1.807) is 0 Å². The Balaban J connectivity index is 2.43. The van der Waals surface area contributed by atoms with Gasteiger partial charge in [0.2, 0.25) is 0 Å². The van der Waals surface area contributed by atoms with Crippen LogP contribution in [0, 0.1) is 0 Å². The highest BCUT2D eigenvalue weighted by atomic mass is 16.6. The smallest absolute Gasteiger partial charge is 0.330 e. The van der Waals surface area contributed by atoms with Gasteiger partial charge in [0, 0.05) is 26.1 Å². The largest absolute Gasteiger partial charge is 0.456 e. The number of esters is 2. The normalized spacial score (nSPS) is 26.7. The molecule has 2 heterocycles. The van der Waals surface area contributed by atoms with E-state index in [2.05, 4.69) is 4.98 Å². The van der Waals surface area contributed by atoms with Crippen molar-refractivity contribution in [2.24, 2.45) is 0 Å². The van der Waals surface area contributed by atoms with Gasteiger partial charge in [-0.25, -0.2) is 4.79 Å². The maximum Gasteiger partial charge on any atom is 0.330 e. The quantitative estimate of drug-likeness (QED) is 0.755. The minimum atomic E-state index is -1.00. The highest BCUT2D eigenvalue weighted by molar-refractivity contribution is 5.67. The van der Waals surface area contributed by atoms with E-state index in [1.165, 1.54) is 20.0 Å². The Labute approximate surface area is 131 Å². The highest BCUT2D eigenvalue weighted by Gasteiger charge is 2.49. The molecule has 1 aliphatic heterocycles. The minimum Gasteiger partial charge on any atom is -0.456 e. The summed E-state index contributed by atoms with van der Waals surface area (Å²) in [5.41, 5.74) is -1.27. The number of hydrogen-bond acceptors (Lipinski definition) is 7. The third-order valence-corrected chi connectivity index (χ3v) is 3.42. The zero-order valence-corrected chi connectivity index (χ0v) is 13.0. The second-order valence-electron chi connectivity index (χ2n) is 5.14. The van der Waals surface area contributed by atoms with E-state index in [1.807, 2.05) is 6.92 Å². The minimum absolute atomic E-state index is 0.477. The first kappa shape index (κ1) is 16.9. The summed E-state index contributed by atoms with van der Waals surface area (Å²) in [7, 11) is 0. The maximum atomic E-state index is 12.0. The molecule has 0 bridgehead atoms. The second kappa shape index (κ2) is 6.78. The molecular formula is C14H18N2O7. The average molecular weight is 326 g/mol.